The molecule has 2 aliphatic rings. The van der Waals surface area contributed by atoms with E-state index in [2.05, 4.69) is 19.4 Å². The first kappa shape index (κ1) is 17.5. The van der Waals surface area contributed by atoms with E-state index in [0.29, 0.717) is 21.4 Å². The molecule has 0 saturated heterocycles. The van der Waals surface area contributed by atoms with Crippen molar-refractivity contribution >= 4 is 57.7 Å². The summed E-state index contributed by atoms with van der Waals surface area (Å²) >= 11 is 13.5. The summed E-state index contributed by atoms with van der Waals surface area (Å²) in [6.07, 6.45) is 1.19. The fraction of sp³-hybridized carbons (Fsp3) is 0.533. The third kappa shape index (κ3) is 3.84. The van der Waals surface area contributed by atoms with E-state index in [1.807, 2.05) is 20.8 Å². The highest BCUT2D eigenvalue weighted by Crippen LogP contribution is 2.48. The molecule has 1 aliphatic heterocycles. The van der Waals surface area contributed by atoms with E-state index >= 15 is 0 Å². The third-order valence-electron chi connectivity index (χ3n) is 3.65. The predicted octanol–water partition coefficient (Wildman–Crippen LogP) is 5.19. The van der Waals surface area contributed by atoms with E-state index in [1.54, 1.807) is 6.07 Å². The molecule has 0 bridgehead atoms. The van der Waals surface area contributed by atoms with Gasteiger partial charge in [0.1, 0.15) is 17.0 Å². The van der Waals surface area contributed by atoms with Crippen LogP contribution < -0.4 is 10.6 Å². The first-order valence-electron chi connectivity index (χ1n) is 7.59. The van der Waals surface area contributed by atoms with Gasteiger partial charge < -0.3 is 15.4 Å². The highest BCUT2D eigenvalue weighted by atomic mass is 35.5. The lowest BCUT2D eigenvalue weighted by Crippen LogP contribution is -2.50. The van der Waals surface area contributed by atoms with Gasteiger partial charge in [0.2, 0.25) is 0 Å². The average Bonchev–Trinajstić information content (AvgIpc) is 2.87. The van der Waals surface area contributed by atoms with E-state index in [-0.39, 0.29) is 18.2 Å². The van der Waals surface area contributed by atoms with E-state index in [1.165, 1.54) is 0 Å². The highest BCUT2D eigenvalue weighted by molar-refractivity contribution is 7.58. The van der Waals surface area contributed by atoms with Crippen molar-refractivity contribution in [2.45, 2.75) is 51.3 Å². The molecule has 0 aromatic heterocycles. The minimum atomic E-state index is -0.495. The lowest BCUT2D eigenvalue weighted by molar-refractivity contribution is 0.0475. The number of nitrogens with one attached hydrogen (secondary N) is 2. The molecule has 3 rings (SSSR count). The SMILES string of the molecule is CC(C)(C)OC(=O)NC1CC(Nc2c(Cl)cc(Cl)c3c2N=S=N3)C1. The quantitative estimate of drug-likeness (QED) is 0.759. The molecule has 0 unspecified atom stereocenters. The van der Waals surface area contributed by atoms with Crippen molar-refractivity contribution < 1.29 is 9.53 Å². The Morgan fingerprint density at radius 2 is 1.88 bits per heavy atom. The maximum Gasteiger partial charge on any atom is 0.407 e. The summed E-state index contributed by atoms with van der Waals surface area (Å²) in [6, 6.07) is 1.96. The van der Waals surface area contributed by atoms with Gasteiger partial charge in [-0.2, -0.15) is 8.73 Å². The van der Waals surface area contributed by atoms with Gasteiger partial charge >= 0.3 is 6.09 Å². The maximum absolute atomic E-state index is 11.8. The topological polar surface area (TPSA) is 75.1 Å². The Labute approximate surface area is 154 Å². The number of rotatable bonds is 3. The monoisotopic (exact) mass is 388 g/mol. The average molecular weight is 389 g/mol. The molecule has 2 N–H and O–H groups in total. The normalized spacial score (nSPS) is 21.5. The van der Waals surface area contributed by atoms with Crippen LogP contribution in [-0.2, 0) is 16.1 Å². The first-order chi connectivity index (χ1) is 11.2. The summed E-state index contributed by atoms with van der Waals surface area (Å²) in [4.78, 5) is 11.8. The Hall–Kier alpha value is -1.31. The Bertz CT molecular complexity index is 751. The molecule has 1 aromatic rings. The zero-order valence-electron chi connectivity index (χ0n) is 13.5. The number of fused-ring (bicyclic) bond motifs is 1. The van der Waals surface area contributed by atoms with Crippen LogP contribution in [0.3, 0.4) is 0 Å². The summed E-state index contributed by atoms with van der Waals surface area (Å²) in [7, 11) is 0. The van der Waals surface area contributed by atoms with Gasteiger partial charge in [-0.05, 0) is 39.7 Å². The smallest absolute Gasteiger partial charge is 0.407 e. The van der Waals surface area contributed by atoms with E-state index in [4.69, 9.17) is 27.9 Å². The number of carbonyl (C=O) groups excluding carboxylic acids is 1. The number of alkyl carbamates (subject to hydrolysis) is 1. The van der Waals surface area contributed by atoms with Crippen molar-refractivity contribution in [3.05, 3.63) is 16.1 Å². The Morgan fingerprint density at radius 1 is 1.21 bits per heavy atom. The molecule has 1 fully saturated rings. The molecule has 0 atom stereocenters. The minimum absolute atomic E-state index is 0.0903. The third-order valence-corrected chi connectivity index (χ3v) is 4.77. The van der Waals surface area contributed by atoms with Crippen LogP contribution in [0, 0.1) is 0 Å². The number of ether oxygens (including phenoxy) is 1. The number of hydrogen-bond acceptors (Lipinski definition) is 5. The van der Waals surface area contributed by atoms with Gasteiger partial charge in [-0.1, -0.05) is 23.2 Å². The molecule has 1 amide bonds. The Morgan fingerprint density at radius 3 is 2.54 bits per heavy atom. The van der Waals surface area contributed by atoms with Gasteiger partial charge in [0.05, 0.1) is 27.1 Å². The number of hydrogen-bond donors (Lipinski definition) is 2. The second-order valence-corrected chi connectivity index (χ2v) is 8.18. The zero-order valence-corrected chi connectivity index (χ0v) is 15.8. The van der Waals surface area contributed by atoms with Crippen LogP contribution in [0.1, 0.15) is 33.6 Å². The number of benzene rings is 1. The molecule has 130 valence electrons. The first-order valence-corrected chi connectivity index (χ1v) is 9.08. The summed E-state index contributed by atoms with van der Waals surface area (Å²) in [5.41, 5.74) is 1.58. The van der Waals surface area contributed by atoms with E-state index in [0.717, 1.165) is 29.9 Å². The minimum Gasteiger partial charge on any atom is -0.444 e. The van der Waals surface area contributed by atoms with Crippen molar-refractivity contribution in [1.82, 2.24) is 5.32 Å². The largest absolute Gasteiger partial charge is 0.444 e. The summed E-state index contributed by atoms with van der Waals surface area (Å²) in [6.45, 7) is 5.52. The van der Waals surface area contributed by atoms with Crippen molar-refractivity contribution in [2.24, 2.45) is 8.73 Å². The molecule has 1 heterocycles. The van der Waals surface area contributed by atoms with Crippen LogP contribution >= 0.6 is 23.2 Å². The van der Waals surface area contributed by atoms with Gasteiger partial charge in [0, 0.05) is 12.1 Å². The molecule has 9 heteroatoms. The van der Waals surface area contributed by atoms with Crippen LogP contribution in [0.25, 0.3) is 0 Å². The maximum atomic E-state index is 11.8. The molecular weight excluding hydrogens is 371 g/mol. The molecular formula is C15H18Cl2N4O2S. The Balaban J connectivity index is 1.57. The predicted molar refractivity (Wildman–Crippen MR) is 97.8 cm³/mol. The molecule has 0 spiro atoms. The molecule has 1 saturated carbocycles. The summed E-state index contributed by atoms with van der Waals surface area (Å²) in [5, 5.41) is 7.25. The number of anilines is 1. The lowest BCUT2D eigenvalue weighted by Gasteiger charge is -2.37. The van der Waals surface area contributed by atoms with E-state index in [9.17, 15) is 4.79 Å². The van der Waals surface area contributed by atoms with Crippen LogP contribution in [0.15, 0.2) is 14.8 Å². The number of halogens is 2. The lowest BCUT2D eigenvalue weighted by atomic mass is 9.86. The second-order valence-electron chi connectivity index (χ2n) is 6.83. The molecule has 24 heavy (non-hydrogen) atoms. The number of nitrogens with zero attached hydrogens (tertiary/aromatic N) is 2. The fourth-order valence-corrected chi connectivity index (χ4v) is 3.71. The fourth-order valence-electron chi connectivity index (χ4n) is 2.54. The van der Waals surface area contributed by atoms with Crippen molar-refractivity contribution in [3.8, 4) is 0 Å². The second kappa shape index (κ2) is 6.54. The van der Waals surface area contributed by atoms with Gasteiger partial charge in [-0.25, -0.2) is 4.79 Å². The van der Waals surface area contributed by atoms with Crippen LogP contribution in [-0.4, -0.2) is 23.8 Å². The summed E-state index contributed by atoms with van der Waals surface area (Å²) in [5.74, 6) is 0. The highest BCUT2D eigenvalue weighted by Gasteiger charge is 2.33. The standard InChI is InChI=1S/C15H18Cl2N4O2S/c1-15(2,3)23-14(22)19-8-4-7(5-8)18-11-9(16)6-10(17)12-13(11)21-24-20-12/h6-8,18H,4-5H2,1-3H3,(H,19,22). The van der Waals surface area contributed by atoms with Gasteiger partial charge in [0.15, 0.2) is 0 Å². The van der Waals surface area contributed by atoms with Gasteiger partial charge in [-0.15, -0.1) is 0 Å². The zero-order chi connectivity index (χ0) is 17.5. The van der Waals surface area contributed by atoms with Crippen molar-refractivity contribution in [1.29, 1.82) is 0 Å². The van der Waals surface area contributed by atoms with Gasteiger partial charge in [0.25, 0.3) is 0 Å². The molecule has 1 aliphatic carbocycles. The number of carbonyl (C=O) groups is 1. The Kier molecular flexibility index (Phi) is 4.77. The summed E-state index contributed by atoms with van der Waals surface area (Å²) < 4.78 is 13.7. The number of amides is 1. The van der Waals surface area contributed by atoms with Crippen LogP contribution in [0.4, 0.5) is 21.9 Å². The van der Waals surface area contributed by atoms with Crippen LogP contribution in [0.2, 0.25) is 10.0 Å². The van der Waals surface area contributed by atoms with E-state index < -0.39 is 5.60 Å². The molecule has 6 nitrogen and oxygen atoms in total. The van der Waals surface area contributed by atoms with Crippen molar-refractivity contribution in [2.75, 3.05) is 5.32 Å². The molecule has 0 radical (unpaired) electrons. The van der Waals surface area contributed by atoms with Gasteiger partial charge in [-0.3, -0.25) is 0 Å². The van der Waals surface area contributed by atoms with Crippen LogP contribution in [0.5, 0.6) is 0 Å². The van der Waals surface area contributed by atoms with Crippen molar-refractivity contribution in [3.63, 3.8) is 0 Å². The molecule has 1 aromatic carbocycles.